The molecule has 1 heterocycles. The molecule has 0 aromatic heterocycles. The SMILES string of the molecule is CCc1cccc(CC)c1N1C(=O)c2ccccc2/C1=N/O. The zero-order chi connectivity index (χ0) is 15.7. The molecule has 0 saturated heterocycles. The predicted octanol–water partition coefficient (Wildman–Crippen LogP) is 3.61. The quantitative estimate of drug-likeness (QED) is 0.694. The Morgan fingerprint density at radius 3 is 2.09 bits per heavy atom. The summed E-state index contributed by atoms with van der Waals surface area (Å²) >= 11 is 0. The van der Waals surface area contributed by atoms with E-state index in [2.05, 4.69) is 19.0 Å². The number of carbonyl (C=O) groups is 1. The minimum Gasteiger partial charge on any atom is -0.409 e. The molecule has 4 heteroatoms. The maximum absolute atomic E-state index is 12.8. The van der Waals surface area contributed by atoms with Gasteiger partial charge in [-0.15, -0.1) is 0 Å². The highest BCUT2D eigenvalue weighted by Gasteiger charge is 2.36. The Bertz CT molecular complexity index is 743. The number of amides is 1. The molecule has 0 atom stereocenters. The van der Waals surface area contributed by atoms with Crippen LogP contribution in [-0.4, -0.2) is 17.0 Å². The van der Waals surface area contributed by atoms with E-state index in [4.69, 9.17) is 0 Å². The summed E-state index contributed by atoms with van der Waals surface area (Å²) in [5, 5.41) is 12.9. The number of hydrogen-bond donors (Lipinski definition) is 1. The van der Waals surface area contributed by atoms with Gasteiger partial charge in [-0.05, 0) is 30.0 Å². The van der Waals surface area contributed by atoms with Crippen LogP contribution in [0.3, 0.4) is 0 Å². The highest BCUT2D eigenvalue weighted by molar-refractivity contribution is 6.36. The molecular formula is C18H18N2O2. The van der Waals surface area contributed by atoms with Crippen molar-refractivity contribution in [1.29, 1.82) is 0 Å². The minimum absolute atomic E-state index is 0.140. The third-order valence-electron chi connectivity index (χ3n) is 4.10. The molecule has 2 aromatic rings. The molecule has 0 radical (unpaired) electrons. The Morgan fingerprint density at radius 2 is 1.55 bits per heavy atom. The molecule has 0 aliphatic carbocycles. The lowest BCUT2D eigenvalue weighted by Gasteiger charge is -2.22. The Morgan fingerprint density at radius 1 is 0.955 bits per heavy atom. The maximum atomic E-state index is 12.8. The number of aryl methyl sites for hydroxylation is 2. The Kier molecular flexibility index (Phi) is 3.67. The highest BCUT2D eigenvalue weighted by Crippen LogP contribution is 2.34. The van der Waals surface area contributed by atoms with Crippen molar-refractivity contribution in [2.24, 2.45) is 5.16 Å². The molecule has 1 aliphatic heterocycles. The lowest BCUT2D eigenvalue weighted by Crippen LogP contribution is -2.32. The van der Waals surface area contributed by atoms with Crippen LogP contribution in [-0.2, 0) is 12.8 Å². The number of amidine groups is 1. The van der Waals surface area contributed by atoms with Crippen molar-refractivity contribution in [2.45, 2.75) is 26.7 Å². The van der Waals surface area contributed by atoms with Crippen LogP contribution in [0.1, 0.15) is 40.9 Å². The monoisotopic (exact) mass is 294 g/mol. The molecule has 0 saturated carbocycles. The van der Waals surface area contributed by atoms with Crippen molar-refractivity contribution in [3.8, 4) is 0 Å². The van der Waals surface area contributed by atoms with Crippen molar-refractivity contribution in [1.82, 2.24) is 0 Å². The molecule has 0 unspecified atom stereocenters. The number of oxime groups is 1. The predicted molar refractivity (Wildman–Crippen MR) is 86.8 cm³/mol. The van der Waals surface area contributed by atoms with Gasteiger partial charge in [-0.2, -0.15) is 0 Å². The van der Waals surface area contributed by atoms with Crippen molar-refractivity contribution in [3.05, 3.63) is 64.7 Å². The number of benzene rings is 2. The molecule has 0 fully saturated rings. The second-order valence-electron chi connectivity index (χ2n) is 5.24. The van der Waals surface area contributed by atoms with E-state index >= 15 is 0 Å². The molecule has 1 N–H and O–H groups in total. The molecule has 3 rings (SSSR count). The molecule has 0 bridgehead atoms. The largest absolute Gasteiger partial charge is 0.409 e. The highest BCUT2D eigenvalue weighted by atomic mass is 16.4. The van der Waals surface area contributed by atoms with Gasteiger partial charge in [0, 0.05) is 5.56 Å². The standard InChI is InChI=1S/C18H18N2O2/c1-3-12-8-7-9-13(4-2)16(12)20-17(19-22)14-10-5-6-11-15(14)18(20)21/h5-11,22H,3-4H2,1-2H3/b19-17-. The molecule has 4 nitrogen and oxygen atoms in total. The molecule has 112 valence electrons. The average molecular weight is 294 g/mol. The van der Waals surface area contributed by atoms with Gasteiger partial charge in [0.05, 0.1) is 11.3 Å². The van der Waals surface area contributed by atoms with Gasteiger partial charge in [0.15, 0.2) is 5.84 Å². The summed E-state index contributed by atoms with van der Waals surface area (Å²) in [5.74, 6) is 0.162. The normalized spacial score (nSPS) is 15.5. The van der Waals surface area contributed by atoms with Crippen LogP contribution in [0.2, 0.25) is 0 Å². The fourth-order valence-electron chi connectivity index (χ4n) is 3.01. The number of hydrogen-bond acceptors (Lipinski definition) is 3. The van der Waals surface area contributed by atoms with Crippen LogP contribution < -0.4 is 4.90 Å². The lowest BCUT2D eigenvalue weighted by molar-refractivity contribution is 0.101. The summed E-state index contributed by atoms with van der Waals surface area (Å²) in [7, 11) is 0. The van der Waals surface area contributed by atoms with E-state index in [1.165, 1.54) is 0 Å². The van der Waals surface area contributed by atoms with Crippen molar-refractivity contribution >= 4 is 17.4 Å². The first-order valence-corrected chi connectivity index (χ1v) is 7.49. The van der Waals surface area contributed by atoms with E-state index in [9.17, 15) is 10.0 Å². The van der Waals surface area contributed by atoms with Gasteiger partial charge >= 0.3 is 0 Å². The number of carbonyl (C=O) groups excluding carboxylic acids is 1. The second-order valence-corrected chi connectivity index (χ2v) is 5.24. The van der Waals surface area contributed by atoms with Gasteiger partial charge in [-0.25, -0.2) is 0 Å². The molecule has 0 spiro atoms. The number of para-hydroxylation sites is 1. The minimum atomic E-state index is -0.140. The van der Waals surface area contributed by atoms with Crippen LogP contribution in [0.4, 0.5) is 5.69 Å². The van der Waals surface area contributed by atoms with Gasteiger partial charge in [0.25, 0.3) is 5.91 Å². The molecule has 2 aromatic carbocycles. The van der Waals surface area contributed by atoms with E-state index in [0.29, 0.717) is 17.0 Å². The first-order chi connectivity index (χ1) is 10.7. The van der Waals surface area contributed by atoms with E-state index < -0.39 is 0 Å². The van der Waals surface area contributed by atoms with Crippen molar-refractivity contribution in [2.75, 3.05) is 4.90 Å². The van der Waals surface area contributed by atoms with Gasteiger partial charge < -0.3 is 5.21 Å². The van der Waals surface area contributed by atoms with E-state index in [1.54, 1.807) is 11.0 Å². The molecule has 22 heavy (non-hydrogen) atoms. The first kappa shape index (κ1) is 14.3. The smallest absolute Gasteiger partial charge is 0.264 e. The second kappa shape index (κ2) is 5.64. The van der Waals surface area contributed by atoms with Crippen LogP contribution in [0.25, 0.3) is 0 Å². The van der Waals surface area contributed by atoms with Crippen molar-refractivity contribution < 1.29 is 10.0 Å². The zero-order valence-electron chi connectivity index (χ0n) is 12.7. The average Bonchev–Trinajstić information content (AvgIpc) is 2.86. The number of nitrogens with zero attached hydrogens (tertiary/aromatic N) is 2. The van der Waals surface area contributed by atoms with Crippen LogP contribution in [0.15, 0.2) is 47.6 Å². The summed E-state index contributed by atoms with van der Waals surface area (Å²) in [4.78, 5) is 14.4. The Labute approximate surface area is 129 Å². The number of anilines is 1. The van der Waals surface area contributed by atoms with E-state index in [0.717, 1.165) is 29.7 Å². The third-order valence-corrected chi connectivity index (χ3v) is 4.10. The van der Waals surface area contributed by atoms with E-state index in [-0.39, 0.29) is 5.91 Å². The Hall–Kier alpha value is -2.62. The number of rotatable bonds is 3. The van der Waals surface area contributed by atoms with Gasteiger partial charge in [-0.3, -0.25) is 9.69 Å². The molecule has 1 aliphatic rings. The summed E-state index contributed by atoms with van der Waals surface area (Å²) < 4.78 is 0. The van der Waals surface area contributed by atoms with Crippen LogP contribution in [0.5, 0.6) is 0 Å². The van der Waals surface area contributed by atoms with Crippen molar-refractivity contribution in [3.63, 3.8) is 0 Å². The molecule has 1 amide bonds. The lowest BCUT2D eigenvalue weighted by atomic mass is 10.0. The van der Waals surface area contributed by atoms with Gasteiger partial charge in [-0.1, -0.05) is 55.4 Å². The Balaban J connectivity index is 2.24. The maximum Gasteiger partial charge on any atom is 0.264 e. The third kappa shape index (κ3) is 1.99. The van der Waals surface area contributed by atoms with Crippen LogP contribution in [0, 0.1) is 0 Å². The number of fused-ring (bicyclic) bond motifs is 1. The fraction of sp³-hybridized carbons (Fsp3) is 0.222. The summed E-state index contributed by atoms with van der Waals surface area (Å²) in [6, 6.07) is 13.3. The van der Waals surface area contributed by atoms with E-state index in [1.807, 2.05) is 36.4 Å². The zero-order valence-corrected chi connectivity index (χ0v) is 12.7. The van der Waals surface area contributed by atoms with Gasteiger partial charge in [0.2, 0.25) is 0 Å². The first-order valence-electron chi connectivity index (χ1n) is 7.49. The fourth-order valence-corrected chi connectivity index (χ4v) is 3.01. The molecular weight excluding hydrogens is 276 g/mol. The topological polar surface area (TPSA) is 52.9 Å². The summed E-state index contributed by atoms with van der Waals surface area (Å²) in [6.07, 6.45) is 1.62. The van der Waals surface area contributed by atoms with Crippen LogP contribution >= 0.6 is 0 Å². The summed E-state index contributed by atoms with van der Waals surface area (Å²) in [6.45, 7) is 4.11. The summed E-state index contributed by atoms with van der Waals surface area (Å²) in [5.41, 5.74) is 4.23. The van der Waals surface area contributed by atoms with Gasteiger partial charge in [0.1, 0.15) is 0 Å².